The van der Waals surface area contributed by atoms with E-state index in [1.807, 2.05) is 54.6 Å². The molecule has 2 aromatic carbocycles. The highest BCUT2D eigenvalue weighted by molar-refractivity contribution is 6.31. The quantitative estimate of drug-likeness (QED) is 0.868. The molecule has 0 aliphatic carbocycles. The van der Waals surface area contributed by atoms with Crippen LogP contribution in [0.5, 0.6) is 0 Å². The second-order valence-electron chi connectivity index (χ2n) is 4.74. The number of nitrogens with zero attached hydrogens (tertiary/aromatic N) is 1. The Morgan fingerprint density at radius 1 is 1.10 bits per heavy atom. The zero-order chi connectivity index (χ0) is 14.4. The lowest BCUT2D eigenvalue weighted by Gasteiger charge is -2.23. The average molecular weight is 285 g/mol. The largest absolute Gasteiger partial charge is 0.302 e. The lowest BCUT2D eigenvalue weighted by Crippen LogP contribution is -2.24. The number of hydrogen-bond acceptors (Lipinski definition) is 2. The van der Waals surface area contributed by atoms with Crippen molar-refractivity contribution in [3.05, 3.63) is 70.7 Å². The van der Waals surface area contributed by atoms with E-state index in [2.05, 4.69) is 18.3 Å². The van der Waals surface area contributed by atoms with Crippen molar-refractivity contribution in [2.45, 2.75) is 25.4 Å². The summed E-state index contributed by atoms with van der Waals surface area (Å²) in [4.78, 5) is 0. The molecule has 0 spiro atoms. The van der Waals surface area contributed by atoms with Gasteiger partial charge in [0.15, 0.2) is 0 Å². The van der Waals surface area contributed by atoms with Gasteiger partial charge in [0, 0.05) is 17.1 Å². The number of hydrogen-bond donors (Lipinski definition) is 1. The number of nitrogens with one attached hydrogen (secondary N) is 1. The first kappa shape index (κ1) is 14.6. The van der Waals surface area contributed by atoms with E-state index >= 15 is 0 Å². The van der Waals surface area contributed by atoms with Gasteiger partial charge in [0.1, 0.15) is 0 Å². The molecule has 0 saturated carbocycles. The molecule has 2 rings (SSSR count). The molecule has 2 unspecified atom stereocenters. The highest BCUT2D eigenvalue weighted by Crippen LogP contribution is 2.26. The predicted molar refractivity (Wildman–Crippen MR) is 82.4 cm³/mol. The molecule has 0 bridgehead atoms. The molecular weight excluding hydrogens is 268 g/mol. The third-order valence-corrected chi connectivity index (χ3v) is 3.66. The molecule has 2 aromatic rings. The van der Waals surface area contributed by atoms with Crippen molar-refractivity contribution in [2.75, 3.05) is 0 Å². The van der Waals surface area contributed by atoms with Crippen molar-refractivity contribution >= 4 is 11.6 Å². The van der Waals surface area contributed by atoms with Crippen molar-refractivity contribution in [3.8, 4) is 6.07 Å². The summed E-state index contributed by atoms with van der Waals surface area (Å²) in [6, 6.07) is 20.1. The lowest BCUT2D eigenvalue weighted by molar-refractivity contribution is 0.473. The highest BCUT2D eigenvalue weighted by Gasteiger charge is 2.16. The van der Waals surface area contributed by atoms with Gasteiger partial charge in [0.2, 0.25) is 0 Å². The predicted octanol–water partition coefficient (Wildman–Crippen LogP) is 4.65. The van der Waals surface area contributed by atoms with E-state index in [0.29, 0.717) is 6.42 Å². The maximum absolute atomic E-state index is 9.02. The highest BCUT2D eigenvalue weighted by atomic mass is 35.5. The number of rotatable bonds is 5. The van der Waals surface area contributed by atoms with Crippen LogP contribution in [0.2, 0.25) is 5.02 Å². The van der Waals surface area contributed by atoms with Crippen LogP contribution >= 0.6 is 11.6 Å². The van der Waals surface area contributed by atoms with Crippen LogP contribution in [-0.4, -0.2) is 0 Å². The van der Waals surface area contributed by atoms with E-state index in [1.54, 1.807) is 0 Å². The minimum atomic E-state index is 0.00692. The normalized spacial score (nSPS) is 13.4. The van der Waals surface area contributed by atoms with E-state index < -0.39 is 0 Å². The summed E-state index contributed by atoms with van der Waals surface area (Å²) >= 11 is 6.22. The molecule has 0 aliphatic rings. The van der Waals surface area contributed by atoms with E-state index in [9.17, 15) is 0 Å². The van der Waals surface area contributed by atoms with Gasteiger partial charge in [0.25, 0.3) is 0 Å². The molecule has 0 aliphatic heterocycles. The fourth-order valence-corrected chi connectivity index (χ4v) is 2.57. The van der Waals surface area contributed by atoms with Crippen molar-refractivity contribution in [1.82, 2.24) is 5.32 Å². The standard InChI is InChI=1S/C17H17ClN2/c1-13(15-9-5-6-10-16(15)18)20-17(11-12-19)14-7-3-2-4-8-14/h2-10,13,17,20H,11H2,1H3. The fourth-order valence-electron chi connectivity index (χ4n) is 2.27. The Kier molecular flexibility index (Phi) is 5.17. The molecule has 102 valence electrons. The summed E-state index contributed by atoms with van der Waals surface area (Å²) in [6.45, 7) is 2.06. The Hall–Kier alpha value is -1.82. The zero-order valence-electron chi connectivity index (χ0n) is 11.4. The smallest absolute Gasteiger partial charge is 0.0641 e. The van der Waals surface area contributed by atoms with E-state index in [4.69, 9.17) is 16.9 Å². The number of halogens is 1. The molecule has 2 atom stereocenters. The molecule has 0 heterocycles. The lowest BCUT2D eigenvalue weighted by atomic mass is 10.0. The average Bonchev–Trinajstić information content (AvgIpc) is 2.48. The van der Waals surface area contributed by atoms with E-state index in [0.717, 1.165) is 16.1 Å². The summed E-state index contributed by atoms with van der Waals surface area (Å²) in [5.41, 5.74) is 2.17. The van der Waals surface area contributed by atoms with Crippen LogP contribution in [0.1, 0.15) is 36.6 Å². The first-order valence-corrected chi connectivity index (χ1v) is 7.02. The first-order valence-electron chi connectivity index (χ1n) is 6.64. The van der Waals surface area contributed by atoms with Crippen LogP contribution in [0, 0.1) is 11.3 Å². The van der Waals surface area contributed by atoms with Crippen molar-refractivity contribution < 1.29 is 0 Å². The maximum Gasteiger partial charge on any atom is 0.0641 e. The summed E-state index contributed by atoms with van der Waals surface area (Å²) in [5, 5.41) is 13.3. The van der Waals surface area contributed by atoms with Gasteiger partial charge in [-0.15, -0.1) is 0 Å². The minimum absolute atomic E-state index is 0.00692. The van der Waals surface area contributed by atoms with Gasteiger partial charge < -0.3 is 5.32 Å². The molecule has 20 heavy (non-hydrogen) atoms. The first-order chi connectivity index (χ1) is 9.72. The summed E-state index contributed by atoms with van der Waals surface area (Å²) in [5.74, 6) is 0. The van der Waals surface area contributed by atoms with Crippen LogP contribution in [0.25, 0.3) is 0 Å². The Labute approximate surface area is 125 Å². The molecular formula is C17H17ClN2. The summed E-state index contributed by atoms with van der Waals surface area (Å²) in [7, 11) is 0. The van der Waals surface area contributed by atoms with Crippen LogP contribution < -0.4 is 5.32 Å². The van der Waals surface area contributed by atoms with E-state index in [-0.39, 0.29) is 12.1 Å². The van der Waals surface area contributed by atoms with Gasteiger partial charge in [-0.25, -0.2) is 0 Å². The van der Waals surface area contributed by atoms with Gasteiger partial charge in [-0.1, -0.05) is 60.1 Å². The Balaban J connectivity index is 2.17. The molecule has 3 heteroatoms. The SMILES string of the molecule is CC(NC(CC#N)c1ccccc1)c1ccccc1Cl. The topological polar surface area (TPSA) is 35.8 Å². The zero-order valence-corrected chi connectivity index (χ0v) is 12.1. The van der Waals surface area contributed by atoms with Crippen LogP contribution in [-0.2, 0) is 0 Å². The molecule has 0 radical (unpaired) electrons. The Bertz CT molecular complexity index is 589. The van der Waals surface area contributed by atoms with Crippen molar-refractivity contribution in [2.24, 2.45) is 0 Å². The molecule has 0 fully saturated rings. The number of nitriles is 1. The van der Waals surface area contributed by atoms with Crippen LogP contribution in [0.15, 0.2) is 54.6 Å². The Morgan fingerprint density at radius 2 is 1.75 bits per heavy atom. The van der Waals surface area contributed by atoms with Crippen molar-refractivity contribution in [1.29, 1.82) is 5.26 Å². The maximum atomic E-state index is 9.02. The fraction of sp³-hybridized carbons (Fsp3) is 0.235. The van der Waals surface area contributed by atoms with Gasteiger partial charge >= 0.3 is 0 Å². The van der Waals surface area contributed by atoms with Gasteiger partial charge in [-0.05, 0) is 24.1 Å². The second-order valence-corrected chi connectivity index (χ2v) is 5.14. The molecule has 0 aromatic heterocycles. The number of benzene rings is 2. The Morgan fingerprint density at radius 3 is 2.40 bits per heavy atom. The van der Waals surface area contributed by atoms with E-state index in [1.165, 1.54) is 0 Å². The van der Waals surface area contributed by atoms with Crippen LogP contribution in [0.4, 0.5) is 0 Å². The van der Waals surface area contributed by atoms with Gasteiger partial charge in [-0.2, -0.15) is 5.26 Å². The summed E-state index contributed by atoms with van der Waals surface area (Å²) in [6.07, 6.45) is 0.429. The molecule has 0 saturated heterocycles. The van der Waals surface area contributed by atoms with Crippen molar-refractivity contribution in [3.63, 3.8) is 0 Å². The minimum Gasteiger partial charge on any atom is -0.302 e. The third-order valence-electron chi connectivity index (χ3n) is 3.32. The molecule has 1 N–H and O–H groups in total. The van der Waals surface area contributed by atoms with Gasteiger partial charge in [0.05, 0.1) is 12.5 Å². The van der Waals surface area contributed by atoms with Crippen LogP contribution in [0.3, 0.4) is 0 Å². The molecule has 0 amide bonds. The van der Waals surface area contributed by atoms with Gasteiger partial charge in [-0.3, -0.25) is 0 Å². The second kappa shape index (κ2) is 7.09. The third kappa shape index (κ3) is 3.60. The monoisotopic (exact) mass is 284 g/mol. The summed E-state index contributed by atoms with van der Waals surface area (Å²) < 4.78 is 0. The molecule has 2 nitrogen and oxygen atoms in total.